The molecule has 0 saturated heterocycles. The number of aryl methyl sites for hydroxylation is 1. The molecule has 4 heteroatoms. The van der Waals surface area contributed by atoms with Gasteiger partial charge in [0.15, 0.2) is 0 Å². The minimum absolute atomic E-state index is 0.354. The molecule has 0 aliphatic carbocycles. The molecule has 0 saturated carbocycles. The van der Waals surface area contributed by atoms with Gasteiger partial charge in [-0.25, -0.2) is 9.97 Å². The van der Waals surface area contributed by atoms with Gasteiger partial charge in [-0.05, 0) is 40.5 Å². The van der Waals surface area contributed by atoms with E-state index in [0.717, 1.165) is 10.0 Å². The number of hydrogen-bond acceptors (Lipinski definition) is 3. The number of nitrogens with zero attached hydrogens (tertiary/aromatic N) is 2. The predicted octanol–water partition coefficient (Wildman–Crippen LogP) is 3.34. The average molecular weight is 265 g/mol. The van der Waals surface area contributed by atoms with E-state index in [2.05, 4.69) is 25.9 Å². The highest BCUT2D eigenvalue weighted by Crippen LogP contribution is 2.26. The Balaban J connectivity index is 2.22. The zero-order chi connectivity index (χ0) is 10.7. The normalized spacial score (nSPS) is 10.0. The highest BCUT2D eigenvalue weighted by molar-refractivity contribution is 9.10. The van der Waals surface area contributed by atoms with Crippen LogP contribution in [0.15, 0.2) is 41.1 Å². The van der Waals surface area contributed by atoms with Gasteiger partial charge in [0.25, 0.3) is 0 Å². The summed E-state index contributed by atoms with van der Waals surface area (Å²) in [5.74, 6) is 0.710. The predicted molar refractivity (Wildman–Crippen MR) is 61.0 cm³/mol. The first-order chi connectivity index (χ1) is 7.25. The molecule has 1 aromatic carbocycles. The standard InChI is InChI=1S/C11H9BrN2O/c1-8-6-13-11(14-7-8)15-10-5-3-2-4-9(10)12/h2-7H,1H3. The van der Waals surface area contributed by atoms with Crippen molar-refractivity contribution in [3.63, 3.8) is 0 Å². The molecule has 0 aliphatic heterocycles. The maximum absolute atomic E-state index is 5.50. The van der Waals surface area contributed by atoms with Gasteiger partial charge in [-0.1, -0.05) is 12.1 Å². The molecule has 0 amide bonds. The fourth-order valence-corrected chi connectivity index (χ4v) is 1.43. The number of halogens is 1. The van der Waals surface area contributed by atoms with Crippen molar-refractivity contribution in [3.05, 3.63) is 46.7 Å². The average Bonchev–Trinajstić information content (AvgIpc) is 2.25. The number of aromatic nitrogens is 2. The van der Waals surface area contributed by atoms with Gasteiger partial charge in [0.1, 0.15) is 5.75 Å². The number of para-hydroxylation sites is 1. The Morgan fingerprint density at radius 1 is 1.13 bits per heavy atom. The highest BCUT2D eigenvalue weighted by Gasteiger charge is 2.02. The molecule has 0 spiro atoms. The lowest BCUT2D eigenvalue weighted by atomic mass is 10.3. The molecule has 0 fully saturated rings. The molecule has 76 valence electrons. The summed E-state index contributed by atoms with van der Waals surface area (Å²) in [6.45, 7) is 1.93. The third-order valence-electron chi connectivity index (χ3n) is 1.80. The summed E-state index contributed by atoms with van der Waals surface area (Å²) in [7, 11) is 0. The maximum Gasteiger partial charge on any atom is 0.321 e. The number of hydrogen-bond donors (Lipinski definition) is 0. The van der Waals surface area contributed by atoms with Crippen molar-refractivity contribution in [3.8, 4) is 11.8 Å². The van der Waals surface area contributed by atoms with Crippen molar-refractivity contribution in [1.82, 2.24) is 9.97 Å². The second kappa shape index (κ2) is 4.40. The first-order valence-corrected chi connectivity index (χ1v) is 5.26. The van der Waals surface area contributed by atoms with Crippen LogP contribution in [0.3, 0.4) is 0 Å². The van der Waals surface area contributed by atoms with Crippen molar-refractivity contribution < 1.29 is 4.74 Å². The summed E-state index contributed by atoms with van der Waals surface area (Å²) in [6.07, 6.45) is 3.44. The lowest BCUT2D eigenvalue weighted by Gasteiger charge is -2.04. The van der Waals surface area contributed by atoms with Crippen LogP contribution in [0.25, 0.3) is 0 Å². The molecule has 2 aromatic rings. The van der Waals surface area contributed by atoms with Gasteiger partial charge in [-0.2, -0.15) is 0 Å². The molecule has 1 heterocycles. The highest BCUT2D eigenvalue weighted by atomic mass is 79.9. The van der Waals surface area contributed by atoms with E-state index in [-0.39, 0.29) is 0 Å². The minimum atomic E-state index is 0.354. The minimum Gasteiger partial charge on any atom is -0.423 e. The van der Waals surface area contributed by atoms with E-state index in [1.165, 1.54) is 0 Å². The van der Waals surface area contributed by atoms with Crippen molar-refractivity contribution in [2.24, 2.45) is 0 Å². The summed E-state index contributed by atoms with van der Waals surface area (Å²) < 4.78 is 6.38. The Kier molecular flexibility index (Phi) is 2.97. The van der Waals surface area contributed by atoms with E-state index in [9.17, 15) is 0 Å². The lowest BCUT2D eigenvalue weighted by molar-refractivity contribution is 0.438. The molecule has 0 N–H and O–H groups in total. The summed E-state index contributed by atoms with van der Waals surface area (Å²) in [4.78, 5) is 8.12. The van der Waals surface area contributed by atoms with Crippen molar-refractivity contribution >= 4 is 15.9 Å². The summed E-state index contributed by atoms with van der Waals surface area (Å²) in [6, 6.07) is 7.94. The zero-order valence-corrected chi connectivity index (χ0v) is 9.73. The molecule has 15 heavy (non-hydrogen) atoms. The lowest BCUT2D eigenvalue weighted by Crippen LogP contribution is -1.92. The van der Waals surface area contributed by atoms with Crippen LogP contribution in [0.1, 0.15) is 5.56 Å². The molecule has 0 atom stereocenters. The van der Waals surface area contributed by atoms with Crippen LogP contribution < -0.4 is 4.74 Å². The van der Waals surface area contributed by atoms with Crippen LogP contribution >= 0.6 is 15.9 Å². The van der Waals surface area contributed by atoms with Gasteiger partial charge in [0.2, 0.25) is 0 Å². The Labute approximate surface area is 96.3 Å². The van der Waals surface area contributed by atoms with Crippen LogP contribution in [0.4, 0.5) is 0 Å². The fourth-order valence-electron chi connectivity index (χ4n) is 1.06. The number of benzene rings is 1. The Morgan fingerprint density at radius 3 is 2.47 bits per heavy atom. The molecule has 3 nitrogen and oxygen atoms in total. The van der Waals surface area contributed by atoms with Gasteiger partial charge >= 0.3 is 6.01 Å². The van der Waals surface area contributed by atoms with E-state index in [4.69, 9.17) is 4.74 Å². The van der Waals surface area contributed by atoms with Gasteiger partial charge in [-0.15, -0.1) is 0 Å². The summed E-state index contributed by atoms with van der Waals surface area (Å²) in [5.41, 5.74) is 1.01. The largest absolute Gasteiger partial charge is 0.423 e. The molecular weight excluding hydrogens is 256 g/mol. The SMILES string of the molecule is Cc1cnc(Oc2ccccc2Br)nc1. The van der Waals surface area contributed by atoms with E-state index >= 15 is 0 Å². The molecular formula is C11H9BrN2O. The van der Waals surface area contributed by atoms with E-state index in [0.29, 0.717) is 11.8 Å². The maximum atomic E-state index is 5.50. The summed E-state index contributed by atoms with van der Waals surface area (Å²) in [5, 5.41) is 0. The zero-order valence-electron chi connectivity index (χ0n) is 8.14. The van der Waals surface area contributed by atoms with E-state index in [1.54, 1.807) is 12.4 Å². The van der Waals surface area contributed by atoms with Crippen LogP contribution in [0.2, 0.25) is 0 Å². The van der Waals surface area contributed by atoms with Crippen LogP contribution in [-0.2, 0) is 0 Å². The quantitative estimate of drug-likeness (QED) is 0.835. The molecule has 0 unspecified atom stereocenters. The molecule has 0 radical (unpaired) electrons. The first kappa shape index (κ1) is 10.1. The molecule has 1 aromatic heterocycles. The molecule has 0 bridgehead atoms. The fraction of sp³-hybridized carbons (Fsp3) is 0.0909. The summed E-state index contributed by atoms with van der Waals surface area (Å²) >= 11 is 3.39. The van der Waals surface area contributed by atoms with Crippen LogP contribution in [0.5, 0.6) is 11.8 Å². The third-order valence-corrected chi connectivity index (χ3v) is 2.45. The Hall–Kier alpha value is -1.42. The van der Waals surface area contributed by atoms with Crippen LogP contribution in [0, 0.1) is 6.92 Å². The van der Waals surface area contributed by atoms with Crippen molar-refractivity contribution in [2.75, 3.05) is 0 Å². The third kappa shape index (κ3) is 2.53. The topological polar surface area (TPSA) is 35.0 Å². The Bertz CT molecular complexity index is 456. The van der Waals surface area contributed by atoms with Crippen molar-refractivity contribution in [2.45, 2.75) is 6.92 Å². The van der Waals surface area contributed by atoms with Crippen molar-refractivity contribution in [1.29, 1.82) is 0 Å². The molecule has 2 rings (SSSR count). The number of rotatable bonds is 2. The first-order valence-electron chi connectivity index (χ1n) is 4.47. The van der Waals surface area contributed by atoms with Gasteiger partial charge in [-0.3, -0.25) is 0 Å². The smallest absolute Gasteiger partial charge is 0.321 e. The second-order valence-electron chi connectivity index (χ2n) is 3.08. The monoisotopic (exact) mass is 264 g/mol. The van der Waals surface area contributed by atoms with Gasteiger partial charge < -0.3 is 4.74 Å². The Morgan fingerprint density at radius 2 is 1.80 bits per heavy atom. The molecule has 0 aliphatic rings. The van der Waals surface area contributed by atoms with E-state index < -0.39 is 0 Å². The van der Waals surface area contributed by atoms with Gasteiger partial charge in [0.05, 0.1) is 4.47 Å². The second-order valence-corrected chi connectivity index (χ2v) is 3.93. The van der Waals surface area contributed by atoms with E-state index in [1.807, 2.05) is 31.2 Å². The number of ether oxygens (including phenoxy) is 1. The van der Waals surface area contributed by atoms with Crippen LogP contribution in [-0.4, -0.2) is 9.97 Å². The van der Waals surface area contributed by atoms with Gasteiger partial charge in [0, 0.05) is 12.4 Å².